The molecule has 2 heterocycles. The summed E-state index contributed by atoms with van der Waals surface area (Å²) >= 11 is 0. The maximum Gasteiger partial charge on any atom is 0.174 e. The molecule has 4 nitrogen and oxygen atoms in total. The fourth-order valence-corrected chi connectivity index (χ4v) is 5.53. The van der Waals surface area contributed by atoms with E-state index in [1.807, 2.05) is 0 Å². The molecule has 2 aliphatic heterocycles. The number of allylic oxidation sites excluding steroid dienone is 1. The summed E-state index contributed by atoms with van der Waals surface area (Å²) < 4.78 is 34.4. The lowest BCUT2D eigenvalue weighted by Gasteiger charge is -2.30. The third-order valence-electron chi connectivity index (χ3n) is 3.74. The molecule has 0 aromatic rings. The summed E-state index contributed by atoms with van der Waals surface area (Å²) in [5.74, 6) is -0.665. The van der Waals surface area contributed by atoms with E-state index in [2.05, 4.69) is 6.58 Å². The van der Waals surface area contributed by atoms with Crippen LogP contribution >= 0.6 is 0 Å². The van der Waals surface area contributed by atoms with Gasteiger partial charge in [-0.15, -0.1) is 6.58 Å². The minimum Gasteiger partial charge on any atom is -0.347 e. The van der Waals surface area contributed by atoms with Crippen molar-refractivity contribution in [2.24, 2.45) is 5.92 Å². The Kier molecular flexibility index (Phi) is 1.86. The molecule has 0 unspecified atom stereocenters. The van der Waals surface area contributed by atoms with Crippen LogP contribution in [-0.2, 0) is 19.3 Å². The quantitative estimate of drug-likeness (QED) is 0.512. The largest absolute Gasteiger partial charge is 0.347 e. The van der Waals surface area contributed by atoms with Gasteiger partial charge in [0.25, 0.3) is 0 Å². The van der Waals surface area contributed by atoms with E-state index in [1.165, 1.54) is 0 Å². The average Bonchev–Trinajstić information content (AvgIpc) is 2.64. The van der Waals surface area contributed by atoms with Crippen LogP contribution in [0.5, 0.6) is 0 Å². The highest BCUT2D eigenvalue weighted by atomic mass is 32.2. The molecule has 15 heavy (non-hydrogen) atoms. The van der Waals surface area contributed by atoms with Gasteiger partial charge >= 0.3 is 0 Å². The monoisotopic (exact) mass is 230 g/mol. The van der Waals surface area contributed by atoms with Gasteiger partial charge in [-0.3, -0.25) is 0 Å². The first-order chi connectivity index (χ1) is 7.12. The second-order valence-corrected chi connectivity index (χ2v) is 6.76. The van der Waals surface area contributed by atoms with Crippen molar-refractivity contribution < 1.29 is 17.9 Å². The molecule has 3 atom stereocenters. The number of fused-ring (bicyclic) bond motifs is 1. The van der Waals surface area contributed by atoms with Crippen LogP contribution in [0.3, 0.4) is 0 Å². The molecule has 5 heteroatoms. The number of rotatable bonds is 2. The number of ether oxygens (including phenoxy) is 2. The van der Waals surface area contributed by atoms with E-state index in [0.717, 1.165) is 0 Å². The van der Waals surface area contributed by atoms with Gasteiger partial charge in [0.05, 0.1) is 23.7 Å². The molecule has 2 saturated heterocycles. The van der Waals surface area contributed by atoms with Gasteiger partial charge in [-0.1, -0.05) is 6.08 Å². The lowest BCUT2D eigenvalue weighted by molar-refractivity contribution is -0.180. The standard InChI is InChI=1S/C10H14O4S/c1-2-3-7-9-8(15(9,11)12)6-10(7)13-4-5-14-10/h2,7-9H,1,3-6H2/t7-,8+,9-/m0/s1. The van der Waals surface area contributed by atoms with Crippen molar-refractivity contribution in [3.63, 3.8) is 0 Å². The third kappa shape index (κ3) is 1.11. The number of hydrogen-bond donors (Lipinski definition) is 0. The fourth-order valence-electron chi connectivity index (χ4n) is 3.04. The van der Waals surface area contributed by atoms with Crippen LogP contribution in [0, 0.1) is 5.92 Å². The van der Waals surface area contributed by atoms with Crippen LogP contribution in [0.2, 0.25) is 0 Å². The normalized spacial score (nSPS) is 44.1. The molecule has 3 rings (SSSR count). The van der Waals surface area contributed by atoms with Gasteiger partial charge in [0.2, 0.25) is 0 Å². The van der Waals surface area contributed by atoms with Crippen molar-refractivity contribution in [1.82, 2.24) is 0 Å². The van der Waals surface area contributed by atoms with Crippen molar-refractivity contribution >= 4 is 9.84 Å². The first kappa shape index (κ1) is 9.81. The molecule has 3 aliphatic rings. The van der Waals surface area contributed by atoms with Crippen LogP contribution in [0.4, 0.5) is 0 Å². The summed E-state index contributed by atoms with van der Waals surface area (Å²) in [5.41, 5.74) is 0. The van der Waals surface area contributed by atoms with E-state index >= 15 is 0 Å². The summed E-state index contributed by atoms with van der Waals surface area (Å²) in [6.07, 6.45) is 2.92. The molecule has 1 saturated carbocycles. The third-order valence-corrected chi connectivity index (χ3v) is 6.14. The smallest absolute Gasteiger partial charge is 0.174 e. The zero-order valence-electron chi connectivity index (χ0n) is 8.39. The number of sulfone groups is 1. The Balaban J connectivity index is 1.92. The lowest BCUT2D eigenvalue weighted by atomic mass is 9.98. The molecule has 0 radical (unpaired) electrons. The van der Waals surface area contributed by atoms with Crippen molar-refractivity contribution in [2.75, 3.05) is 13.2 Å². The van der Waals surface area contributed by atoms with Crippen molar-refractivity contribution in [3.8, 4) is 0 Å². The molecule has 1 spiro atoms. The SMILES string of the molecule is C=CC[C@H]1[C@H]2[C@@H](CC13OCCO3)S2(=O)=O. The van der Waals surface area contributed by atoms with Gasteiger partial charge in [-0.25, -0.2) is 8.42 Å². The van der Waals surface area contributed by atoms with Gasteiger partial charge in [-0.2, -0.15) is 0 Å². The maximum absolute atomic E-state index is 11.6. The Bertz CT molecular complexity index is 394. The molecule has 84 valence electrons. The van der Waals surface area contributed by atoms with E-state index in [9.17, 15) is 8.42 Å². The highest BCUT2D eigenvalue weighted by Crippen LogP contribution is 2.58. The Morgan fingerprint density at radius 3 is 2.67 bits per heavy atom. The topological polar surface area (TPSA) is 52.6 Å². The second-order valence-electron chi connectivity index (χ2n) is 4.44. The minimum absolute atomic E-state index is 0.0486. The molecular formula is C10H14O4S. The van der Waals surface area contributed by atoms with Gasteiger partial charge < -0.3 is 9.47 Å². The van der Waals surface area contributed by atoms with Crippen LogP contribution in [0.15, 0.2) is 12.7 Å². The Labute approximate surface area is 89.2 Å². The molecule has 0 bridgehead atoms. The van der Waals surface area contributed by atoms with Crippen LogP contribution < -0.4 is 0 Å². The van der Waals surface area contributed by atoms with Gasteiger partial charge in [0.15, 0.2) is 15.6 Å². The summed E-state index contributed by atoms with van der Waals surface area (Å²) in [6.45, 7) is 4.83. The Morgan fingerprint density at radius 2 is 2.07 bits per heavy atom. The molecular weight excluding hydrogens is 216 g/mol. The highest BCUT2D eigenvalue weighted by molar-refractivity contribution is 8.00. The van der Waals surface area contributed by atoms with E-state index in [4.69, 9.17) is 9.47 Å². The fraction of sp³-hybridized carbons (Fsp3) is 0.800. The summed E-state index contributed by atoms with van der Waals surface area (Å²) in [4.78, 5) is 0. The van der Waals surface area contributed by atoms with Crippen LogP contribution in [-0.4, -0.2) is 37.9 Å². The Morgan fingerprint density at radius 1 is 1.40 bits per heavy atom. The molecule has 0 N–H and O–H groups in total. The molecule has 0 aromatic carbocycles. The van der Waals surface area contributed by atoms with E-state index in [0.29, 0.717) is 26.1 Å². The first-order valence-corrected chi connectivity index (χ1v) is 6.84. The highest BCUT2D eigenvalue weighted by Gasteiger charge is 2.74. The second kappa shape index (κ2) is 2.84. The van der Waals surface area contributed by atoms with Gasteiger partial charge in [0, 0.05) is 12.3 Å². The zero-order valence-corrected chi connectivity index (χ0v) is 9.20. The zero-order chi connectivity index (χ0) is 10.7. The van der Waals surface area contributed by atoms with E-state index < -0.39 is 15.6 Å². The van der Waals surface area contributed by atoms with Gasteiger partial charge in [-0.05, 0) is 6.42 Å². The summed E-state index contributed by atoms with van der Waals surface area (Å²) in [5, 5.41) is -0.464. The molecule has 0 amide bonds. The summed E-state index contributed by atoms with van der Waals surface area (Å²) in [6, 6.07) is 0. The Hall–Kier alpha value is -0.390. The minimum atomic E-state index is -2.84. The predicted octanol–water partition coefficient (Wildman–Crippen LogP) is 0.491. The van der Waals surface area contributed by atoms with Crippen molar-refractivity contribution in [1.29, 1.82) is 0 Å². The summed E-state index contributed by atoms with van der Waals surface area (Å²) in [7, 11) is -2.84. The van der Waals surface area contributed by atoms with Crippen molar-refractivity contribution in [3.05, 3.63) is 12.7 Å². The van der Waals surface area contributed by atoms with Crippen molar-refractivity contribution in [2.45, 2.75) is 29.1 Å². The van der Waals surface area contributed by atoms with Crippen LogP contribution in [0.1, 0.15) is 12.8 Å². The lowest BCUT2D eigenvalue weighted by Crippen LogP contribution is -2.39. The predicted molar refractivity (Wildman–Crippen MR) is 54.1 cm³/mol. The van der Waals surface area contributed by atoms with E-state index in [-0.39, 0.29) is 16.4 Å². The van der Waals surface area contributed by atoms with Crippen LogP contribution in [0.25, 0.3) is 0 Å². The molecule has 0 aromatic heterocycles. The molecule has 3 fully saturated rings. The van der Waals surface area contributed by atoms with Gasteiger partial charge in [0.1, 0.15) is 0 Å². The maximum atomic E-state index is 11.6. The van der Waals surface area contributed by atoms with E-state index in [1.54, 1.807) is 6.08 Å². The average molecular weight is 230 g/mol. The molecule has 1 aliphatic carbocycles. The number of hydrogen-bond acceptors (Lipinski definition) is 4. The first-order valence-electron chi connectivity index (χ1n) is 5.23.